The molecule has 0 unspecified atom stereocenters. The van der Waals surface area contributed by atoms with Crippen LogP contribution in [-0.2, 0) is 16.8 Å². The summed E-state index contributed by atoms with van der Waals surface area (Å²) < 4.78 is 1.11. The highest BCUT2D eigenvalue weighted by Crippen LogP contribution is 2.40. The Morgan fingerprint density at radius 2 is 2.21 bits per heavy atom. The lowest BCUT2D eigenvalue weighted by molar-refractivity contribution is -0.135. The van der Waals surface area contributed by atoms with Crippen molar-refractivity contribution in [3.63, 3.8) is 0 Å². The quantitative estimate of drug-likeness (QED) is 0.712. The molecule has 2 rings (SSSR count). The van der Waals surface area contributed by atoms with Crippen molar-refractivity contribution in [1.29, 1.82) is 0 Å². The third-order valence-corrected chi connectivity index (χ3v) is 4.60. The van der Waals surface area contributed by atoms with Gasteiger partial charge in [-0.2, -0.15) is 0 Å². The Bertz CT molecular complexity index is 397. The Labute approximate surface area is 96.0 Å². The molecule has 2 nitrogen and oxygen atoms in total. The lowest BCUT2D eigenvalue weighted by atomic mass is 9.88. The van der Waals surface area contributed by atoms with E-state index in [0.717, 1.165) is 3.79 Å². The number of fused-ring (bicyclic) bond motifs is 1. The maximum Gasteiger partial charge on any atom is 0.228 e. The highest BCUT2D eigenvalue weighted by atomic mass is 79.9. The summed E-state index contributed by atoms with van der Waals surface area (Å²) in [6, 6.07) is 2.13. The van der Waals surface area contributed by atoms with Crippen LogP contribution in [0.1, 0.15) is 24.3 Å². The number of likely N-dealkylation sites (N-methyl/N-ethyl adjacent to an activating group) is 1. The number of carbonyl (C=O) groups excluding carboxylic acids is 1. The van der Waals surface area contributed by atoms with Crippen molar-refractivity contribution in [2.45, 2.75) is 25.8 Å². The average molecular weight is 274 g/mol. The third kappa shape index (κ3) is 1.32. The summed E-state index contributed by atoms with van der Waals surface area (Å²) in [7, 11) is 1.87. The van der Waals surface area contributed by atoms with Crippen molar-refractivity contribution in [1.82, 2.24) is 4.90 Å². The monoisotopic (exact) mass is 273 g/mol. The first-order chi connectivity index (χ1) is 6.43. The summed E-state index contributed by atoms with van der Waals surface area (Å²) >= 11 is 5.14. The molecular weight excluding hydrogens is 262 g/mol. The molecule has 0 fully saturated rings. The molecule has 0 saturated carbocycles. The maximum absolute atomic E-state index is 11.7. The predicted octanol–water partition coefficient (Wildman–Crippen LogP) is 2.76. The van der Waals surface area contributed by atoms with Crippen LogP contribution in [0.4, 0.5) is 0 Å². The van der Waals surface area contributed by atoms with Gasteiger partial charge in [0.15, 0.2) is 0 Å². The van der Waals surface area contributed by atoms with Crippen LogP contribution >= 0.6 is 27.3 Å². The van der Waals surface area contributed by atoms with Gasteiger partial charge < -0.3 is 4.90 Å². The molecule has 76 valence electrons. The second-order valence-electron chi connectivity index (χ2n) is 4.08. The first-order valence-electron chi connectivity index (χ1n) is 4.48. The second-order valence-corrected chi connectivity index (χ2v) is 6.59. The summed E-state index contributed by atoms with van der Waals surface area (Å²) in [5.74, 6) is 0.205. The van der Waals surface area contributed by atoms with E-state index in [4.69, 9.17) is 0 Å². The molecule has 0 spiro atoms. The van der Waals surface area contributed by atoms with Gasteiger partial charge >= 0.3 is 0 Å². The van der Waals surface area contributed by atoms with Gasteiger partial charge in [-0.15, -0.1) is 11.3 Å². The molecule has 4 heteroatoms. The third-order valence-electron chi connectivity index (χ3n) is 2.96. The first-order valence-corrected chi connectivity index (χ1v) is 6.09. The zero-order chi connectivity index (χ0) is 10.5. The number of hydrogen-bond donors (Lipinski definition) is 0. The SMILES string of the molecule is CN1C(=O)Cc2sc(Br)cc2C1(C)C. The molecule has 0 atom stereocenters. The normalized spacial score (nSPS) is 19.7. The highest BCUT2D eigenvalue weighted by molar-refractivity contribution is 9.11. The minimum atomic E-state index is -0.173. The number of thiophene rings is 1. The van der Waals surface area contributed by atoms with E-state index >= 15 is 0 Å². The fraction of sp³-hybridized carbons (Fsp3) is 0.500. The van der Waals surface area contributed by atoms with Crippen molar-refractivity contribution in [2.75, 3.05) is 7.05 Å². The Hall–Kier alpha value is -0.350. The van der Waals surface area contributed by atoms with E-state index in [0.29, 0.717) is 6.42 Å². The smallest absolute Gasteiger partial charge is 0.228 e. The molecule has 1 aromatic rings. The Morgan fingerprint density at radius 1 is 1.57 bits per heavy atom. The molecule has 0 N–H and O–H groups in total. The van der Waals surface area contributed by atoms with E-state index in [2.05, 4.69) is 35.8 Å². The number of nitrogens with zero attached hydrogens (tertiary/aromatic N) is 1. The van der Waals surface area contributed by atoms with Gasteiger partial charge in [0.2, 0.25) is 5.91 Å². The van der Waals surface area contributed by atoms with E-state index in [1.165, 1.54) is 10.4 Å². The molecule has 1 aliphatic heterocycles. The molecule has 1 aliphatic rings. The van der Waals surface area contributed by atoms with Crippen molar-refractivity contribution in [3.8, 4) is 0 Å². The van der Waals surface area contributed by atoms with Crippen LogP contribution in [0.3, 0.4) is 0 Å². The summed E-state index contributed by atoms with van der Waals surface area (Å²) in [6.07, 6.45) is 0.547. The zero-order valence-corrected chi connectivity index (χ0v) is 10.8. The number of carbonyl (C=O) groups is 1. The lowest BCUT2D eigenvalue weighted by Gasteiger charge is -2.39. The van der Waals surface area contributed by atoms with Gasteiger partial charge in [0, 0.05) is 11.9 Å². The van der Waals surface area contributed by atoms with E-state index in [1.54, 1.807) is 11.3 Å². The van der Waals surface area contributed by atoms with Crippen LogP contribution in [0.5, 0.6) is 0 Å². The summed E-state index contributed by atoms with van der Waals surface area (Å²) in [5, 5.41) is 0. The van der Waals surface area contributed by atoms with Crippen molar-refractivity contribution in [3.05, 3.63) is 20.3 Å². The van der Waals surface area contributed by atoms with Crippen LogP contribution in [-0.4, -0.2) is 17.9 Å². The minimum Gasteiger partial charge on any atom is -0.336 e. The number of rotatable bonds is 0. The maximum atomic E-state index is 11.7. The molecule has 0 radical (unpaired) electrons. The van der Waals surface area contributed by atoms with Crippen molar-refractivity contribution >= 4 is 33.2 Å². The van der Waals surface area contributed by atoms with Gasteiger partial charge in [-0.1, -0.05) is 0 Å². The highest BCUT2D eigenvalue weighted by Gasteiger charge is 2.37. The predicted molar refractivity (Wildman–Crippen MR) is 61.5 cm³/mol. The number of halogens is 1. The van der Waals surface area contributed by atoms with E-state index < -0.39 is 0 Å². The van der Waals surface area contributed by atoms with Gasteiger partial charge in [0.1, 0.15) is 0 Å². The minimum absolute atomic E-state index is 0.173. The Balaban J connectivity index is 2.59. The van der Waals surface area contributed by atoms with Crippen molar-refractivity contribution in [2.24, 2.45) is 0 Å². The Kier molecular flexibility index (Phi) is 2.23. The van der Waals surface area contributed by atoms with Crippen LogP contribution < -0.4 is 0 Å². The molecule has 14 heavy (non-hydrogen) atoms. The van der Waals surface area contributed by atoms with Crippen LogP contribution in [0, 0.1) is 0 Å². The first kappa shape index (κ1) is 10.2. The summed E-state index contributed by atoms with van der Waals surface area (Å²) in [4.78, 5) is 14.7. The molecule has 0 saturated heterocycles. The molecule has 1 amide bonds. The van der Waals surface area contributed by atoms with Gasteiger partial charge in [-0.05, 0) is 41.4 Å². The van der Waals surface area contributed by atoms with Crippen LogP contribution in [0.25, 0.3) is 0 Å². The Morgan fingerprint density at radius 3 is 2.86 bits per heavy atom. The zero-order valence-electron chi connectivity index (χ0n) is 8.43. The standard InChI is InChI=1S/C10H12BrNOS/c1-10(2)6-4-8(11)14-7(6)5-9(13)12(10)3/h4H,5H2,1-3H3. The molecule has 1 aromatic heterocycles. The van der Waals surface area contributed by atoms with Gasteiger partial charge in [0.25, 0.3) is 0 Å². The molecule has 0 aliphatic carbocycles. The largest absolute Gasteiger partial charge is 0.336 e. The lowest BCUT2D eigenvalue weighted by Crippen LogP contribution is -2.47. The number of amides is 1. The molecule has 2 heterocycles. The molecule has 0 aromatic carbocycles. The topological polar surface area (TPSA) is 20.3 Å². The second kappa shape index (κ2) is 3.07. The van der Waals surface area contributed by atoms with Gasteiger partial charge in [-0.25, -0.2) is 0 Å². The average Bonchev–Trinajstić information content (AvgIpc) is 2.44. The van der Waals surface area contributed by atoms with Crippen LogP contribution in [0.2, 0.25) is 0 Å². The summed E-state index contributed by atoms with van der Waals surface area (Å²) in [5.41, 5.74) is 1.10. The fourth-order valence-electron chi connectivity index (χ4n) is 1.79. The van der Waals surface area contributed by atoms with Gasteiger partial charge in [0.05, 0.1) is 15.7 Å². The van der Waals surface area contributed by atoms with Crippen LogP contribution in [0.15, 0.2) is 9.85 Å². The molecular formula is C10H12BrNOS. The van der Waals surface area contributed by atoms with E-state index in [-0.39, 0.29) is 11.4 Å². The van der Waals surface area contributed by atoms with E-state index in [1.807, 2.05) is 11.9 Å². The van der Waals surface area contributed by atoms with Crippen molar-refractivity contribution < 1.29 is 4.79 Å². The number of hydrogen-bond acceptors (Lipinski definition) is 2. The summed E-state index contributed by atoms with van der Waals surface area (Å²) in [6.45, 7) is 4.17. The van der Waals surface area contributed by atoms with E-state index in [9.17, 15) is 4.79 Å². The molecule has 0 bridgehead atoms. The van der Waals surface area contributed by atoms with Gasteiger partial charge in [-0.3, -0.25) is 4.79 Å². The fourth-order valence-corrected chi connectivity index (χ4v) is 3.64.